The number of β-amino-alcohol motifs (C(OH)–C–C–N with tert-alkyl or cyclic N) is 1. The van der Waals surface area contributed by atoms with E-state index in [1.807, 2.05) is 11.8 Å². The van der Waals surface area contributed by atoms with Crippen LogP contribution in [0.5, 0.6) is 6.01 Å². The highest BCUT2D eigenvalue weighted by Gasteiger charge is 2.53. The fourth-order valence-corrected chi connectivity index (χ4v) is 9.20. The standard InChI is InChI=1S/C29H35FN8O2S/c1-27(39)5-2-8-36(14-27)24-20(12-32)25(35-26(34-24)40-17-29-6-3-9-38(29)13-18(30)10-29)37-15-28(16-37)7-4-21-22(28)19(11-31)23(33)41-21/h18,39H,2-10,13-17,33H2,1H3/t18-,27-,29+/m1/s1. The molecule has 0 aromatic carbocycles. The van der Waals surface area contributed by atoms with Gasteiger partial charge in [-0.05, 0) is 57.6 Å². The summed E-state index contributed by atoms with van der Waals surface area (Å²) in [6.45, 7) is 5.66. The van der Waals surface area contributed by atoms with Crippen LogP contribution in [0.1, 0.15) is 67.0 Å². The molecule has 0 unspecified atom stereocenters. The molecule has 3 atom stereocenters. The highest BCUT2D eigenvalue weighted by Crippen LogP contribution is 2.53. The Labute approximate surface area is 243 Å². The Morgan fingerprint density at radius 2 is 1.80 bits per heavy atom. The van der Waals surface area contributed by atoms with Gasteiger partial charge in [-0.3, -0.25) is 4.90 Å². The number of fused-ring (bicyclic) bond motifs is 3. The number of nitrogens with two attached hydrogens (primary N) is 1. The maximum atomic E-state index is 14.4. The van der Waals surface area contributed by atoms with Gasteiger partial charge >= 0.3 is 6.01 Å². The molecule has 7 rings (SSSR count). The minimum atomic E-state index is -0.895. The zero-order valence-corrected chi connectivity index (χ0v) is 24.1. The highest BCUT2D eigenvalue weighted by atomic mass is 32.1. The van der Waals surface area contributed by atoms with Gasteiger partial charge in [-0.25, -0.2) is 4.39 Å². The number of halogens is 1. The van der Waals surface area contributed by atoms with Crippen molar-refractivity contribution in [3.05, 3.63) is 21.6 Å². The number of thiophene rings is 1. The molecule has 0 saturated carbocycles. The number of nitriles is 2. The number of aliphatic hydroxyl groups is 1. The van der Waals surface area contributed by atoms with E-state index in [0.29, 0.717) is 79.9 Å². The van der Waals surface area contributed by atoms with E-state index >= 15 is 0 Å². The summed E-state index contributed by atoms with van der Waals surface area (Å²) in [6.07, 6.45) is 4.75. The van der Waals surface area contributed by atoms with Gasteiger partial charge in [0.05, 0.1) is 16.7 Å². The largest absolute Gasteiger partial charge is 0.461 e. The van der Waals surface area contributed by atoms with Crippen LogP contribution in [0.25, 0.3) is 0 Å². The van der Waals surface area contributed by atoms with Crippen LogP contribution in [0.2, 0.25) is 0 Å². The van der Waals surface area contributed by atoms with Gasteiger partial charge in [0.2, 0.25) is 0 Å². The maximum Gasteiger partial charge on any atom is 0.320 e. The summed E-state index contributed by atoms with van der Waals surface area (Å²) in [5, 5.41) is 31.6. The Kier molecular flexibility index (Phi) is 6.13. The third-order valence-corrected chi connectivity index (χ3v) is 11.0. The molecule has 3 N–H and O–H groups in total. The SMILES string of the molecule is C[C@@]1(O)CCCN(c2nc(OC[C@@]34CCCN3C[C@H](F)C4)nc(N3CC4(CCc5sc(N)c(C#N)c54)C3)c2C#N)C1. The third-order valence-electron chi connectivity index (χ3n) is 9.94. The molecule has 4 saturated heterocycles. The van der Waals surface area contributed by atoms with Crippen molar-refractivity contribution in [1.29, 1.82) is 10.5 Å². The quantitative estimate of drug-likeness (QED) is 0.545. The molecule has 1 aliphatic carbocycles. The van der Waals surface area contributed by atoms with E-state index in [1.54, 1.807) is 0 Å². The number of nitrogen functional groups attached to an aromatic ring is 1. The first-order chi connectivity index (χ1) is 19.7. The van der Waals surface area contributed by atoms with Crippen molar-refractivity contribution in [3.63, 3.8) is 0 Å². The summed E-state index contributed by atoms with van der Waals surface area (Å²) in [5.41, 5.74) is 6.76. The van der Waals surface area contributed by atoms with Crippen molar-refractivity contribution in [2.45, 2.75) is 74.6 Å². The van der Waals surface area contributed by atoms with Gasteiger partial charge in [0, 0.05) is 49.4 Å². The van der Waals surface area contributed by atoms with Crippen LogP contribution < -0.4 is 20.3 Å². The Hall–Kier alpha value is -3.19. The predicted molar refractivity (Wildman–Crippen MR) is 153 cm³/mol. The van der Waals surface area contributed by atoms with E-state index < -0.39 is 11.8 Å². The zero-order valence-electron chi connectivity index (χ0n) is 23.3. The number of nitrogens with zero attached hydrogens (tertiary/aromatic N) is 7. The fourth-order valence-electron chi connectivity index (χ4n) is 8.06. The first-order valence-electron chi connectivity index (χ1n) is 14.5. The molecule has 5 aliphatic rings. The molecule has 0 bridgehead atoms. The van der Waals surface area contributed by atoms with Crippen LogP contribution in [0, 0.1) is 22.7 Å². The summed E-state index contributed by atoms with van der Waals surface area (Å²) in [7, 11) is 0. The molecular formula is C29H35FN8O2S. The molecule has 0 radical (unpaired) electrons. The Balaban J connectivity index is 1.23. The molecule has 4 fully saturated rings. The lowest BCUT2D eigenvalue weighted by molar-refractivity contribution is 0.0446. The maximum absolute atomic E-state index is 14.4. The summed E-state index contributed by atoms with van der Waals surface area (Å²) < 4.78 is 20.7. The summed E-state index contributed by atoms with van der Waals surface area (Å²) >= 11 is 1.51. The molecule has 6 heterocycles. The van der Waals surface area contributed by atoms with Crippen LogP contribution in [-0.4, -0.2) is 83.2 Å². The van der Waals surface area contributed by atoms with Crippen LogP contribution in [0.4, 0.5) is 21.0 Å². The van der Waals surface area contributed by atoms with E-state index in [4.69, 9.17) is 20.4 Å². The molecule has 41 heavy (non-hydrogen) atoms. The molecule has 0 amide bonds. The van der Waals surface area contributed by atoms with Crippen LogP contribution in [0.3, 0.4) is 0 Å². The minimum Gasteiger partial charge on any atom is -0.461 e. The zero-order chi connectivity index (χ0) is 28.6. The van der Waals surface area contributed by atoms with Crippen molar-refractivity contribution in [2.24, 2.45) is 0 Å². The molecule has 4 aliphatic heterocycles. The molecule has 216 valence electrons. The molecular weight excluding hydrogens is 543 g/mol. The first-order valence-corrected chi connectivity index (χ1v) is 15.4. The average molecular weight is 579 g/mol. The lowest BCUT2D eigenvalue weighted by Crippen LogP contribution is -2.59. The van der Waals surface area contributed by atoms with E-state index in [2.05, 4.69) is 21.9 Å². The third kappa shape index (κ3) is 4.22. The number of alkyl halides is 1. The van der Waals surface area contributed by atoms with E-state index in [0.717, 1.165) is 44.2 Å². The summed E-state index contributed by atoms with van der Waals surface area (Å²) in [6, 6.07) is 4.85. The average Bonchev–Trinajstić information content (AvgIpc) is 3.63. The fraction of sp³-hybridized carbons (Fsp3) is 0.655. The number of piperidine rings is 1. The van der Waals surface area contributed by atoms with Crippen LogP contribution >= 0.6 is 11.3 Å². The summed E-state index contributed by atoms with van der Waals surface area (Å²) in [5.74, 6) is 0.975. The monoisotopic (exact) mass is 578 g/mol. The number of rotatable bonds is 5. The van der Waals surface area contributed by atoms with E-state index in [1.165, 1.54) is 16.2 Å². The van der Waals surface area contributed by atoms with Crippen molar-refractivity contribution >= 4 is 28.0 Å². The smallest absolute Gasteiger partial charge is 0.320 e. The second-order valence-electron chi connectivity index (χ2n) is 12.9. The van der Waals surface area contributed by atoms with E-state index in [9.17, 15) is 20.0 Å². The molecule has 1 spiro atoms. The lowest BCUT2D eigenvalue weighted by atomic mass is 9.74. The normalized spacial score (nSPS) is 30.1. The lowest BCUT2D eigenvalue weighted by Gasteiger charge is -2.49. The molecule has 12 heteroatoms. The van der Waals surface area contributed by atoms with E-state index in [-0.39, 0.29) is 17.0 Å². The van der Waals surface area contributed by atoms with Gasteiger partial charge < -0.3 is 25.4 Å². The van der Waals surface area contributed by atoms with Gasteiger partial charge in [0.1, 0.15) is 35.5 Å². The van der Waals surface area contributed by atoms with Crippen molar-refractivity contribution in [2.75, 3.05) is 61.4 Å². The van der Waals surface area contributed by atoms with Gasteiger partial charge in [-0.1, -0.05) is 0 Å². The number of anilines is 3. The Morgan fingerprint density at radius 3 is 2.54 bits per heavy atom. The van der Waals surface area contributed by atoms with Crippen molar-refractivity contribution in [3.8, 4) is 18.1 Å². The van der Waals surface area contributed by atoms with Gasteiger partial charge in [0.25, 0.3) is 0 Å². The Bertz CT molecular complexity index is 1470. The second kappa shape index (κ2) is 9.41. The van der Waals surface area contributed by atoms with Crippen LogP contribution in [-0.2, 0) is 11.8 Å². The van der Waals surface area contributed by atoms with Crippen LogP contribution in [0.15, 0.2) is 0 Å². The molecule has 2 aromatic rings. The highest BCUT2D eigenvalue weighted by molar-refractivity contribution is 7.16. The molecule has 2 aromatic heterocycles. The van der Waals surface area contributed by atoms with Gasteiger partial charge in [-0.2, -0.15) is 20.5 Å². The number of hydrogen-bond acceptors (Lipinski definition) is 11. The minimum absolute atomic E-state index is 0.174. The van der Waals surface area contributed by atoms with Crippen molar-refractivity contribution in [1.82, 2.24) is 14.9 Å². The van der Waals surface area contributed by atoms with Gasteiger partial charge in [-0.15, -0.1) is 11.3 Å². The topological polar surface area (TPSA) is 139 Å². The number of aromatic nitrogens is 2. The number of hydrogen-bond donors (Lipinski definition) is 2. The molecule has 10 nitrogen and oxygen atoms in total. The summed E-state index contributed by atoms with van der Waals surface area (Å²) in [4.78, 5) is 17.0. The first kappa shape index (κ1) is 26.7. The Morgan fingerprint density at radius 1 is 1.07 bits per heavy atom. The number of aryl methyl sites for hydroxylation is 1. The second-order valence-corrected chi connectivity index (χ2v) is 14.1. The van der Waals surface area contributed by atoms with Crippen molar-refractivity contribution < 1.29 is 14.2 Å². The number of ether oxygens (including phenoxy) is 1. The predicted octanol–water partition coefficient (Wildman–Crippen LogP) is 2.87. The van der Waals surface area contributed by atoms with Gasteiger partial charge in [0.15, 0.2) is 11.6 Å².